The van der Waals surface area contributed by atoms with Crippen LogP contribution in [0.3, 0.4) is 0 Å². The minimum atomic E-state index is -0.446. The van der Waals surface area contributed by atoms with E-state index >= 15 is 0 Å². The van der Waals surface area contributed by atoms with Gasteiger partial charge < -0.3 is 9.64 Å². The van der Waals surface area contributed by atoms with Gasteiger partial charge >= 0.3 is 0 Å². The molecule has 3 fully saturated rings. The number of rotatable bonds is 6. The molecule has 6 nitrogen and oxygen atoms in total. The van der Waals surface area contributed by atoms with Crippen molar-refractivity contribution in [3.8, 4) is 0 Å². The molecule has 4 rings (SSSR count). The van der Waals surface area contributed by atoms with Crippen LogP contribution in [0.1, 0.15) is 57.8 Å². The highest BCUT2D eigenvalue weighted by Crippen LogP contribution is 2.37. The van der Waals surface area contributed by atoms with E-state index in [4.69, 9.17) is 4.74 Å². The first-order valence-electron chi connectivity index (χ1n) is 11.9. The third-order valence-electron chi connectivity index (χ3n) is 7.97. The fourth-order valence-corrected chi connectivity index (χ4v) is 6.09. The number of allylic oxidation sites excluding steroid dienone is 1. The summed E-state index contributed by atoms with van der Waals surface area (Å²) in [6.45, 7) is 6.32. The van der Waals surface area contributed by atoms with Crippen molar-refractivity contribution in [2.24, 2.45) is 17.8 Å². The van der Waals surface area contributed by atoms with Crippen LogP contribution in [0.5, 0.6) is 0 Å². The molecule has 4 aliphatic rings. The molecule has 3 unspecified atom stereocenters. The molecule has 4 atom stereocenters. The maximum Gasteiger partial charge on any atom is 0.235 e. The number of fused-ring (bicyclic) bond motifs is 1. The van der Waals surface area contributed by atoms with E-state index in [1.807, 2.05) is 0 Å². The smallest absolute Gasteiger partial charge is 0.235 e. The Kier molecular flexibility index (Phi) is 7.25. The molecular weight excluding hydrogens is 366 g/mol. The summed E-state index contributed by atoms with van der Waals surface area (Å²) in [6, 6.07) is -0.446. The topological polar surface area (TPSA) is 58.8 Å². The Morgan fingerprint density at radius 1 is 1.10 bits per heavy atom. The Hall–Kier alpha value is -0.980. The molecule has 2 aliphatic carbocycles. The highest BCUT2D eigenvalue weighted by atomic mass is 16.6. The molecule has 0 spiro atoms. The molecule has 2 saturated heterocycles. The molecule has 1 saturated carbocycles. The monoisotopic (exact) mass is 405 g/mol. The SMILES string of the molecule is CN1CCC2CCC(OCC3CCN(CC4=CCCCC4[N+](=O)[O-])CC3)C[C@@H]2C1. The fraction of sp³-hybridized carbons (Fsp3) is 0.913. The maximum absolute atomic E-state index is 11.3. The van der Waals surface area contributed by atoms with E-state index < -0.39 is 6.04 Å². The highest BCUT2D eigenvalue weighted by Gasteiger charge is 2.35. The predicted molar refractivity (Wildman–Crippen MR) is 115 cm³/mol. The average molecular weight is 406 g/mol. The van der Waals surface area contributed by atoms with Gasteiger partial charge in [-0.3, -0.25) is 15.0 Å². The van der Waals surface area contributed by atoms with Crippen molar-refractivity contribution in [1.82, 2.24) is 9.80 Å². The molecule has 0 aromatic heterocycles. The predicted octanol–water partition coefficient (Wildman–Crippen LogP) is 3.59. The Morgan fingerprint density at radius 2 is 1.93 bits per heavy atom. The molecular formula is C23H39N3O3. The average Bonchev–Trinajstić information content (AvgIpc) is 2.73. The number of hydrogen-bond donors (Lipinski definition) is 0. The van der Waals surface area contributed by atoms with Crippen LogP contribution in [0.25, 0.3) is 0 Å². The van der Waals surface area contributed by atoms with Gasteiger partial charge in [0.15, 0.2) is 0 Å². The van der Waals surface area contributed by atoms with Gasteiger partial charge in [-0.25, -0.2) is 0 Å². The summed E-state index contributed by atoms with van der Waals surface area (Å²) in [4.78, 5) is 16.2. The zero-order valence-electron chi connectivity index (χ0n) is 18.1. The molecule has 0 aromatic carbocycles. The van der Waals surface area contributed by atoms with E-state index in [0.29, 0.717) is 18.4 Å². The maximum atomic E-state index is 11.3. The van der Waals surface area contributed by atoms with E-state index in [-0.39, 0.29) is 4.92 Å². The fourth-order valence-electron chi connectivity index (χ4n) is 6.09. The summed E-state index contributed by atoms with van der Waals surface area (Å²) in [5.74, 6) is 2.43. The number of hydrogen-bond acceptors (Lipinski definition) is 5. The van der Waals surface area contributed by atoms with E-state index in [2.05, 4.69) is 22.9 Å². The summed E-state index contributed by atoms with van der Waals surface area (Å²) in [7, 11) is 2.26. The van der Waals surface area contributed by atoms with Crippen LogP contribution in [0, 0.1) is 27.9 Å². The number of likely N-dealkylation sites (tertiary alicyclic amines) is 2. The molecule has 0 bridgehead atoms. The number of ether oxygens (including phenoxy) is 1. The number of nitrogens with zero attached hydrogens (tertiary/aromatic N) is 3. The van der Waals surface area contributed by atoms with Gasteiger partial charge in [0.1, 0.15) is 0 Å². The van der Waals surface area contributed by atoms with E-state index in [1.54, 1.807) is 0 Å². The van der Waals surface area contributed by atoms with Crippen molar-refractivity contribution in [3.05, 3.63) is 21.8 Å². The van der Waals surface area contributed by atoms with Crippen LogP contribution < -0.4 is 0 Å². The standard InChI is InChI=1S/C23H39N3O3/c1-24-11-10-19-6-7-22(14-21(19)15-24)29-17-18-8-12-25(13-9-18)16-20-4-2-3-5-23(20)26(27)28/h4,18-19,21-23H,2-3,5-17H2,1H3/t19?,21-,22?,23?/m1/s1. The molecule has 0 radical (unpaired) electrons. The minimum absolute atomic E-state index is 0.0790. The second-order valence-corrected chi connectivity index (χ2v) is 10.1. The van der Waals surface area contributed by atoms with E-state index in [1.165, 1.54) is 38.8 Å². The Labute approximate surface area is 175 Å². The molecule has 0 N–H and O–H groups in total. The lowest BCUT2D eigenvalue weighted by atomic mass is 9.74. The van der Waals surface area contributed by atoms with Gasteiger partial charge in [0.2, 0.25) is 6.04 Å². The second kappa shape index (κ2) is 9.88. The van der Waals surface area contributed by atoms with E-state index in [9.17, 15) is 10.1 Å². The van der Waals surface area contributed by atoms with Crippen LogP contribution in [0.15, 0.2) is 11.6 Å². The van der Waals surface area contributed by atoms with Crippen molar-refractivity contribution < 1.29 is 9.66 Å². The molecule has 2 heterocycles. The summed E-state index contributed by atoms with van der Waals surface area (Å²) in [6.07, 6.45) is 12.8. The van der Waals surface area contributed by atoms with Gasteiger partial charge in [0.05, 0.1) is 6.10 Å². The highest BCUT2D eigenvalue weighted by molar-refractivity contribution is 5.13. The van der Waals surface area contributed by atoms with Crippen LogP contribution in [-0.4, -0.2) is 73.2 Å². The minimum Gasteiger partial charge on any atom is -0.378 e. The molecule has 2 aliphatic heterocycles. The first kappa shape index (κ1) is 21.3. The Bertz CT molecular complexity index is 588. The first-order valence-corrected chi connectivity index (χ1v) is 11.9. The Morgan fingerprint density at radius 3 is 2.72 bits per heavy atom. The van der Waals surface area contributed by atoms with Crippen molar-refractivity contribution in [3.63, 3.8) is 0 Å². The number of nitro groups is 1. The van der Waals surface area contributed by atoms with Gasteiger partial charge in [-0.1, -0.05) is 6.08 Å². The third kappa shape index (κ3) is 5.59. The van der Waals surface area contributed by atoms with Crippen molar-refractivity contribution in [2.75, 3.05) is 46.4 Å². The van der Waals surface area contributed by atoms with Gasteiger partial charge in [-0.2, -0.15) is 0 Å². The van der Waals surface area contributed by atoms with Crippen LogP contribution >= 0.6 is 0 Å². The third-order valence-corrected chi connectivity index (χ3v) is 7.97. The van der Waals surface area contributed by atoms with E-state index in [0.717, 1.165) is 69.3 Å². The summed E-state index contributed by atoms with van der Waals surface area (Å²) >= 11 is 0. The molecule has 29 heavy (non-hydrogen) atoms. The molecule has 0 amide bonds. The molecule has 0 aromatic rings. The summed E-state index contributed by atoms with van der Waals surface area (Å²) in [5, 5.41) is 11.3. The van der Waals surface area contributed by atoms with Crippen molar-refractivity contribution >= 4 is 0 Å². The van der Waals surface area contributed by atoms with Crippen LogP contribution in [0.4, 0.5) is 0 Å². The van der Waals surface area contributed by atoms with Crippen molar-refractivity contribution in [1.29, 1.82) is 0 Å². The molecule has 164 valence electrons. The van der Waals surface area contributed by atoms with Gasteiger partial charge in [-0.15, -0.1) is 0 Å². The lowest BCUT2D eigenvalue weighted by Gasteiger charge is -2.42. The summed E-state index contributed by atoms with van der Waals surface area (Å²) in [5.41, 5.74) is 1.05. The summed E-state index contributed by atoms with van der Waals surface area (Å²) < 4.78 is 6.40. The molecule has 6 heteroatoms. The first-order chi connectivity index (χ1) is 14.1. The lowest BCUT2D eigenvalue weighted by molar-refractivity contribution is -0.514. The zero-order chi connectivity index (χ0) is 20.2. The van der Waals surface area contributed by atoms with Crippen LogP contribution in [-0.2, 0) is 4.74 Å². The van der Waals surface area contributed by atoms with Crippen LogP contribution in [0.2, 0.25) is 0 Å². The quantitative estimate of drug-likeness (QED) is 0.384. The largest absolute Gasteiger partial charge is 0.378 e. The van der Waals surface area contributed by atoms with Gasteiger partial charge in [-0.05, 0) is 95.8 Å². The number of piperidine rings is 2. The van der Waals surface area contributed by atoms with Crippen molar-refractivity contribution in [2.45, 2.75) is 69.9 Å². The second-order valence-electron chi connectivity index (χ2n) is 10.1. The zero-order valence-corrected chi connectivity index (χ0v) is 18.1. The Balaban J connectivity index is 1.17. The lowest BCUT2D eigenvalue weighted by Crippen LogP contribution is -2.43. The normalized spacial score (nSPS) is 35.1. The van der Waals surface area contributed by atoms with Gasteiger partial charge in [0, 0.05) is 36.6 Å². The van der Waals surface area contributed by atoms with Gasteiger partial charge in [0.25, 0.3) is 0 Å².